The molecule has 21 heavy (non-hydrogen) atoms. The van der Waals surface area contributed by atoms with Crippen LogP contribution in [-0.2, 0) is 19.5 Å². The highest BCUT2D eigenvalue weighted by Gasteiger charge is 2.19. The number of aromatic hydroxyl groups is 1. The first kappa shape index (κ1) is 13.8. The summed E-state index contributed by atoms with van der Waals surface area (Å²) in [6.07, 6.45) is 0.991. The maximum absolute atomic E-state index is 10.2. The summed E-state index contributed by atoms with van der Waals surface area (Å²) in [5.74, 6) is 0.747. The fraction of sp³-hybridized carbons (Fsp3) is 0.294. The van der Waals surface area contributed by atoms with Crippen molar-refractivity contribution in [1.82, 2.24) is 4.90 Å². The van der Waals surface area contributed by atoms with Gasteiger partial charge in [-0.2, -0.15) is 0 Å². The molecule has 110 valence electrons. The molecule has 3 rings (SSSR count). The molecule has 0 fully saturated rings. The number of nitrogen functional groups attached to an aromatic ring is 1. The largest absolute Gasteiger partial charge is 0.504 e. The number of rotatable bonds is 3. The van der Waals surface area contributed by atoms with E-state index in [0.29, 0.717) is 12.3 Å². The van der Waals surface area contributed by atoms with Gasteiger partial charge in [-0.3, -0.25) is 4.90 Å². The molecule has 4 heteroatoms. The molecule has 2 aromatic carbocycles. The zero-order valence-corrected chi connectivity index (χ0v) is 12.2. The molecule has 3 N–H and O–H groups in total. The van der Waals surface area contributed by atoms with E-state index in [-0.39, 0.29) is 5.75 Å². The van der Waals surface area contributed by atoms with Gasteiger partial charge in [0.1, 0.15) is 0 Å². The number of nitrogens with zero attached hydrogens (tertiary/aromatic N) is 1. The van der Waals surface area contributed by atoms with Gasteiger partial charge in [-0.05, 0) is 29.7 Å². The van der Waals surface area contributed by atoms with Crippen LogP contribution in [0.3, 0.4) is 0 Å². The molecule has 1 aliphatic rings. The van der Waals surface area contributed by atoms with Gasteiger partial charge in [0.2, 0.25) is 0 Å². The van der Waals surface area contributed by atoms with E-state index in [1.54, 1.807) is 13.2 Å². The Bertz CT molecular complexity index is 655. The van der Waals surface area contributed by atoms with Gasteiger partial charge < -0.3 is 15.6 Å². The van der Waals surface area contributed by atoms with Crippen molar-refractivity contribution >= 4 is 5.69 Å². The summed E-state index contributed by atoms with van der Waals surface area (Å²) in [5, 5.41) is 10.2. The molecule has 0 aliphatic carbocycles. The van der Waals surface area contributed by atoms with Gasteiger partial charge in [-0.25, -0.2) is 0 Å². The molecule has 1 heterocycles. The van der Waals surface area contributed by atoms with Crippen LogP contribution in [0.5, 0.6) is 11.5 Å². The number of phenols is 1. The van der Waals surface area contributed by atoms with Crippen molar-refractivity contribution in [2.45, 2.75) is 19.5 Å². The van der Waals surface area contributed by atoms with Gasteiger partial charge in [0.25, 0.3) is 0 Å². The predicted molar refractivity (Wildman–Crippen MR) is 83.3 cm³/mol. The molecule has 0 saturated heterocycles. The van der Waals surface area contributed by atoms with Crippen LogP contribution >= 0.6 is 0 Å². The van der Waals surface area contributed by atoms with E-state index >= 15 is 0 Å². The summed E-state index contributed by atoms with van der Waals surface area (Å²) in [6.45, 7) is 2.47. The van der Waals surface area contributed by atoms with Gasteiger partial charge in [-0.15, -0.1) is 0 Å². The van der Waals surface area contributed by atoms with Crippen LogP contribution in [0.4, 0.5) is 5.69 Å². The zero-order chi connectivity index (χ0) is 14.8. The van der Waals surface area contributed by atoms with Gasteiger partial charge >= 0.3 is 0 Å². The second-order valence-corrected chi connectivity index (χ2v) is 5.41. The summed E-state index contributed by atoms with van der Waals surface area (Å²) in [4.78, 5) is 2.30. The monoisotopic (exact) mass is 284 g/mol. The minimum atomic E-state index is 0.229. The fourth-order valence-electron chi connectivity index (χ4n) is 2.90. The Kier molecular flexibility index (Phi) is 3.71. The number of nitrogens with two attached hydrogens (primary N) is 1. The highest BCUT2D eigenvalue weighted by molar-refractivity contribution is 5.52. The van der Waals surface area contributed by atoms with Gasteiger partial charge in [0.15, 0.2) is 11.5 Å². The van der Waals surface area contributed by atoms with E-state index in [9.17, 15) is 5.11 Å². The van der Waals surface area contributed by atoms with E-state index in [1.165, 1.54) is 11.1 Å². The number of ether oxygens (including phenoxy) is 1. The average molecular weight is 284 g/mol. The number of anilines is 1. The Hall–Kier alpha value is -2.20. The quantitative estimate of drug-likeness (QED) is 0.850. The number of hydrogen-bond acceptors (Lipinski definition) is 4. The topological polar surface area (TPSA) is 58.7 Å². The third-order valence-corrected chi connectivity index (χ3v) is 4.08. The number of phenolic OH excluding ortho intramolecular Hbond substituents is 1. The van der Waals surface area contributed by atoms with E-state index in [1.807, 2.05) is 24.3 Å². The smallest absolute Gasteiger partial charge is 0.162 e. The van der Waals surface area contributed by atoms with Crippen molar-refractivity contribution in [1.29, 1.82) is 0 Å². The maximum atomic E-state index is 10.2. The Morgan fingerprint density at radius 2 is 2.05 bits per heavy atom. The van der Waals surface area contributed by atoms with E-state index in [4.69, 9.17) is 10.5 Å². The molecule has 1 aliphatic heterocycles. The standard InChI is InChI=1S/C17H20N2O2/c1-21-16-7-3-5-13(17(16)20)10-19-9-8-12-4-2-6-15(18)14(12)11-19/h2-7,20H,8-11,18H2,1H3. The number of methoxy groups -OCH3 is 1. The Morgan fingerprint density at radius 1 is 1.24 bits per heavy atom. The molecule has 2 aromatic rings. The van der Waals surface area contributed by atoms with E-state index in [0.717, 1.165) is 30.8 Å². The minimum absolute atomic E-state index is 0.229. The molecular weight excluding hydrogens is 264 g/mol. The Labute approximate surface area is 124 Å². The molecule has 4 nitrogen and oxygen atoms in total. The van der Waals surface area contributed by atoms with E-state index in [2.05, 4.69) is 11.0 Å². The highest BCUT2D eigenvalue weighted by atomic mass is 16.5. The lowest BCUT2D eigenvalue weighted by Gasteiger charge is -2.29. The number of hydrogen-bond donors (Lipinski definition) is 2. The third-order valence-electron chi connectivity index (χ3n) is 4.08. The number of benzene rings is 2. The molecule has 0 spiro atoms. The average Bonchev–Trinajstić information content (AvgIpc) is 2.50. The second kappa shape index (κ2) is 5.66. The van der Waals surface area contributed by atoms with Crippen molar-refractivity contribution in [2.75, 3.05) is 19.4 Å². The normalized spacial score (nSPS) is 14.7. The molecule has 0 radical (unpaired) electrons. The van der Waals surface area contributed by atoms with Crippen LogP contribution in [0.1, 0.15) is 16.7 Å². The lowest BCUT2D eigenvalue weighted by atomic mass is 9.97. The predicted octanol–water partition coefficient (Wildman–Crippen LogP) is 2.54. The molecule has 0 saturated carbocycles. The van der Waals surface area contributed by atoms with Gasteiger partial charge in [0.05, 0.1) is 7.11 Å². The molecule has 0 aromatic heterocycles. The molecule has 0 atom stereocenters. The zero-order valence-electron chi connectivity index (χ0n) is 12.2. The summed E-state index contributed by atoms with van der Waals surface area (Å²) in [6, 6.07) is 11.7. The van der Waals surface area contributed by atoms with Gasteiger partial charge in [0, 0.05) is 30.9 Å². The molecular formula is C17H20N2O2. The molecule has 0 bridgehead atoms. The number of para-hydroxylation sites is 1. The third kappa shape index (κ3) is 2.67. The summed E-state index contributed by atoms with van der Waals surface area (Å²) >= 11 is 0. The highest BCUT2D eigenvalue weighted by Crippen LogP contribution is 2.32. The van der Waals surface area contributed by atoms with Crippen molar-refractivity contribution in [3.05, 3.63) is 53.1 Å². The van der Waals surface area contributed by atoms with Gasteiger partial charge in [-0.1, -0.05) is 24.3 Å². The number of fused-ring (bicyclic) bond motifs is 1. The van der Waals surface area contributed by atoms with Crippen molar-refractivity contribution < 1.29 is 9.84 Å². The lowest BCUT2D eigenvalue weighted by molar-refractivity contribution is 0.242. The summed E-state index contributed by atoms with van der Waals surface area (Å²) in [7, 11) is 1.57. The molecule has 0 amide bonds. The summed E-state index contributed by atoms with van der Waals surface area (Å²) in [5.41, 5.74) is 10.4. The maximum Gasteiger partial charge on any atom is 0.162 e. The molecule has 0 unspecified atom stereocenters. The first-order valence-corrected chi connectivity index (χ1v) is 7.12. The Morgan fingerprint density at radius 3 is 2.86 bits per heavy atom. The van der Waals surface area contributed by atoms with Crippen molar-refractivity contribution in [3.8, 4) is 11.5 Å². The van der Waals surface area contributed by atoms with Crippen LogP contribution in [0, 0.1) is 0 Å². The van der Waals surface area contributed by atoms with Crippen LogP contribution in [0.25, 0.3) is 0 Å². The summed E-state index contributed by atoms with van der Waals surface area (Å²) < 4.78 is 5.16. The first-order valence-electron chi connectivity index (χ1n) is 7.12. The lowest BCUT2D eigenvalue weighted by Crippen LogP contribution is -2.30. The SMILES string of the molecule is COc1cccc(CN2CCc3cccc(N)c3C2)c1O. The minimum Gasteiger partial charge on any atom is -0.504 e. The Balaban J connectivity index is 1.80. The van der Waals surface area contributed by atoms with Crippen LogP contribution in [0.2, 0.25) is 0 Å². The fourth-order valence-corrected chi connectivity index (χ4v) is 2.90. The van der Waals surface area contributed by atoms with Crippen molar-refractivity contribution in [2.24, 2.45) is 0 Å². The first-order chi connectivity index (χ1) is 10.2. The van der Waals surface area contributed by atoms with Crippen LogP contribution in [0.15, 0.2) is 36.4 Å². The van der Waals surface area contributed by atoms with Crippen LogP contribution in [-0.4, -0.2) is 23.7 Å². The second-order valence-electron chi connectivity index (χ2n) is 5.41. The van der Waals surface area contributed by atoms with Crippen molar-refractivity contribution in [3.63, 3.8) is 0 Å². The van der Waals surface area contributed by atoms with E-state index < -0.39 is 0 Å². The van der Waals surface area contributed by atoms with Crippen LogP contribution < -0.4 is 10.5 Å².